The van der Waals surface area contributed by atoms with Crippen molar-refractivity contribution in [3.05, 3.63) is 69.8 Å². The van der Waals surface area contributed by atoms with E-state index in [4.69, 9.17) is 9.47 Å². The van der Waals surface area contributed by atoms with E-state index in [0.717, 1.165) is 29.8 Å². The molecule has 0 aliphatic heterocycles. The highest BCUT2D eigenvalue weighted by Gasteiger charge is 2.05. The van der Waals surface area contributed by atoms with Gasteiger partial charge in [0.05, 0.1) is 18.6 Å². The number of hydrogen-bond donors (Lipinski definition) is 2. The number of hydrogen-bond acceptors (Lipinski definition) is 5. The number of aliphatic imine (C=N–C) groups is 1. The van der Waals surface area contributed by atoms with Gasteiger partial charge < -0.3 is 20.1 Å². The van der Waals surface area contributed by atoms with E-state index in [2.05, 4.69) is 15.6 Å². The maximum Gasteiger partial charge on any atom is 0.269 e. The first-order valence-corrected chi connectivity index (χ1v) is 9.58. The van der Waals surface area contributed by atoms with E-state index in [1.807, 2.05) is 31.2 Å². The molecular weight excluding hydrogens is 499 g/mol. The Labute approximate surface area is 194 Å². The monoisotopic (exact) mass is 528 g/mol. The van der Waals surface area contributed by atoms with Gasteiger partial charge >= 0.3 is 0 Å². The van der Waals surface area contributed by atoms with E-state index in [1.165, 1.54) is 12.1 Å². The Morgan fingerprint density at radius 2 is 1.90 bits per heavy atom. The summed E-state index contributed by atoms with van der Waals surface area (Å²) in [7, 11) is 1.64. The van der Waals surface area contributed by atoms with Gasteiger partial charge in [0.25, 0.3) is 5.69 Å². The Balaban J connectivity index is 0.00000450. The van der Waals surface area contributed by atoms with Crippen molar-refractivity contribution in [1.82, 2.24) is 10.6 Å². The number of methoxy groups -OCH3 is 1. The second-order valence-electron chi connectivity index (χ2n) is 6.27. The van der Waals surface area contributed by atoms with Crippen LogP contribution in [-0.4, -0.2) is 37.8 Å². The summed E-state index contributed by atoms with van der Waals surface area (Å²) < 4.78 is 10.6. The maximum atomic E-state index is 10.8. The van der Waals surface area contributed by atoms with Crippen molar-refractivity contribution in [2.45, 2.75) is 26.4 Å². The molecule has 0 aromatic heterocycles. The van der Waals surface area contributed by atoms with Gasteiger partial charge in [-0.25, -0.2) is 4.99 Å². The van der Waals surface area contributed by atoms with Gasteiger partial charge in [0, 0.05) is 38.4 Å². The molecule has 2 aromatic carbocycles. The second kappa shape index (κ2) is 14.6. The Bertz CT molecular complexity index is 800. The summed E-state index contributed by atoms with van der Waals surface area (Å²) in [5, 5.41) is 17.3. The molecule has 8 nitrogen and oxygen atoms in total. The van der Waals surface area contributed by atoms with Crippen molar-refractivity contribution in [2.24, 2.45) is 4.99 Å². The summed E-state index contributed by atoms with van der Waals surface area (Å²) in [6.07, 6.45) is 0.866. The van der Waals surface area contributed by atoms with Crippen LogP contribution in [0.25, 0.3) is 0 Å². The van der Waals surface area contributed by atoms with Crippen molar-refractivity contribution in [1.29, 1.82) is 0 Å². The van der Waals surface area contributed by atoms with Crippen LogP contribution in [0.5, 0.6) is 5.75 Å². The number of benzene rings is 2. The molecule has 0 bridgehead atoms. The van der Waals surface area contributed by atoms with E-state index in [1.54, 1.807) is 19.2 Å². The predicted molar refractivity (Wildman–Crippen MR) is 129 cm³/mol. The van der Waals surface area contributed by atoms with Crippen molar-refractivity contribution in [3.63, 3.8) is 0 Å². The van der Waals surface area contributed by atoms with Crippen LogP contribution < -0.4 is 15.4 Å². The smallest absolute Gasteiger partial charge is 0.269 e. The van der Waals surface area contributed by atoms with E-state index in [9.17, 15) is 10.1 Å². The van der Waals surface area contributed by atoms with Crippen LogP contribution in [0.3, 0.4) is 0 Å². The van der Waals surface area contributed by atoms with Crippen LogP contribution >= 0.6 is 24.0 Å². The highest BCUT2D eigenvalue weighted by molar-refractivity contribution is 14.0. The molecule has 0 heterocycles. The van der Waals surface area contributed by atoms with Gasteiger partial charge in [0.15, 0.2) is 5.96 Å². The van der Waals surface area contributed by atoms with Crippen LogP contribution in [0.15, 0.2) is 53.5 Å². The van der Waals surface area contributed by atoms with Crippen molar-refractivity contribution in [3.8, 4) is 5.75 Å². The van der Waals surface area contributed by atoms with E-state index in [-0.39, 0.29) is 29.7 Å². The zero-order chi connectivity index (χ0) is 20.9. The fourth-order valence-corrected chi connectivity index (χ4v) is 2.56. The third-order valence-electron chi connectivity index (χ3n) is 4.12. The van der Waals surface area contributed by atoms with Gasteiger partial charge in [-0.1, -0.05) is 24.3 Å². The first kappa shape index (κ1) is 25.6. The summed E-state index contributed by atoms with van der Waals surface area (Å²) in [6, 6.07) is 14.2. The molecule has 2 aromatic rings. The number of non-ortho nitro benzene ring substituents is 1. The van der Waals surface area contributed by atoms with Crippen LogP contribution in [-0.2, 0) is 17.8 Å². The predicted octanol–water partition coefficient (Wildman–Crippen LogP) is 3.88. The quantitative estimate of drug-likeness (QED) is 0.115. The molecule has 30 heavy (non-hydrogen) atoms. The summed E-state index contributed by atoms with van der Waals surface area (Å²) in [5.74, 6) is 1.46. The van der Waals surface area contributed by atoms with Crippen LogP contribution in [0.1, 0.15) is 24.5 Å². The average Bonchev–Trinajstić information content (AvgIpc) is 2.75. The zero-order valence-electron chi connectivity index (χ0n) is 17.3. The third-order valence-corrected chi connectivity index (χ3v) is 4.12. The molecule has 0 aliphatic carbocycles. The van der Waals surface area contributed by atoms with Gasteiger partial charge in [0.2, 0.25) is 0 Å². The second-order valence-corrected chi connectivity index (χ2v) is 6.27. The molecule has 9 heteroatoms. The van der Waals surface area contributed by atoms with Crippen molar-refractivity contribution >= 4 is 35.6 Å². The minimum Gasteiger partial charge on any atom is -0.497 e. The topological polar surface area (TPSA) is 98.0 Å². The van der Waals surface area contributed by atoms with Gasteiger partial charge in [-0.05, 0) is 36.6 Å². The minimum absolute atomic E-state index is 0. The minimum atomic E-state index is -0.405. The number of nitro benzene ring substituents is 1. The zero-order valence-corrected chi connectivity index (χ0v) is 19.6. The lowest BCUT2D eigenvalue weighted by atomic mass is 10.2. The number of nitrogens with zero attached hydrogens (tertiary/aromatic N) is 2. The van der Waals surface area contributed by atoms with Gasteiger partial charge in [-0.2, -0.15) is 0 Å². The molecule has 0 atom stereocenters. The van der Waals surface area contributed by atoms with E-state index >= 15 is 0 Å². The van der Waals surface area contributed by atoms with Crippen molar-refractivity contribution < 1.29 is 14.4 Å². The van der Waals surface area contributed by atoms with Crippen LogP contribution in [0, 0.1) is 10.1 Å². The standard InChI is InChI=1S/C21H28N4O4.HI/c1-3-29-13-5-12-22-21(24-16-18-6-4-7-20(14-18)28-2)23-15-17-8-10-19(11-9-17)25(26)27;/h4,6-11,14H,3,5,12-13,15-16H2,1-2H3,(H2,22,23,24);1H. The normalized spacial score (nSPS) is 10.8. The summed E-state index contributed by atoms with van der Waals surface area (Å²) in [6.45, 7) is 5.10. The molecule has 0 saturated carbocycles. The number of nitro groups is 1. The molecule has 164 valence electrons. The van der Waals surface area contributed by atoms with Crippen LogP contribution in [0.2, 0.25) is 0 Å². The SMILES string of the molecule is CCOCCCNC(=NCc1cccc(OC)c1)NCc1ccc([N+](=O)[O-])cc1.I. The Morgan fingerprint density at radius 3 is 2.57 bits per heavy atom. The number of halogens is 1. The average molecular weight is 528 g/mol. The largest absolute Gasteiger partial charge is 0.497 e. The first-order valence-electron chi connectivity index (χ1n) is 9.58. The highest BCUT2D eigenvalue weighted by atomic mass is 127. The number of rotatable bonds is 11. The van der Waals surface area contributed by atoms with E-state index < -0.39 is 4.92 Å². The lowest BCUT2D eigenvalue weighted by Gasteiger charge is -2.13. The lowest BCUT2D eigenvalue weighted by Crippen LogP contribution is -2.37. The van der Waals surface area contributed by atoms with Crippen LogP contribution in [0.4, 0.5) is 5.69 Å². The summed E-state index contributed by atoms with van der Waals surface area (Å²) in [5.41, 5.74) is 2.05. The molecule has 2 rings (SSSR count). The van der Waals surface area contributed by atoms with E-state index in [0.29, 0.717) is 32.3 Å². The molecule has 2 N–H and O–H groups in total. The van der Waals surface area contributed by atoms with Gasteiger partial charge in [-0.3, -0.25) is 10.1 Å². The first-order chi connectivity index (χ1) is 14.1. The molecule has 0 unspecified atom stereocenters. The summed E-state index contributed by atoms with van der Waals surface area (Å²) >= 11 is 0. The molecule has 0 aliphatic rings. The third kappa shape index (κ3) is 9.40. The lowest BCUT2D eigenvalue weighted by molar-refractivity contribution is -0.384. The molecule has 0 radical (unpaired) electrons. The molecular formula is C21H29IN4O4. The Hall–Kier alpha value is -2.40. The fourth-order valence-electron chi connectivity index (χ4n) is 2.56. The molecule has 0 amide bonds. The van der Waals surface area contributed by atoms with Gasteiger partial charge in [0.1, 0.15) is 5.75 Å². The van der Waals surface area contributed by atoms with Gasteiger partial charge in [-0.15, -0.1) is 24.0 Å². The maximum absolute atomic E-state index is 10.8. The fraction of sp³-hybridized carbons (Fsp3) is 0.381. The highest BCUT2D eigenvalue weighted by Crippen LogP contribution is 2.13. The molecule has 0 fully saturated rings. The number of ether oxygens (including phenoxy) is 2. The molecule has 0 spiro atoms. The summed E-state index contributed by atoms with van der Waals surface area (Å²) in [4.78, 5) is 15.0. The Kier molecular flexibility index (Phi) is 12.4. The number of guanidine groups is 1. The molecule has 0 saturated heterocycles. The Morgan fingerprint density at radius 1 is 1.13 bits per heavy atom. The number of nitrogens with one attached hydrogen (secondary N) is 2. The van der Waals surface area contributed by atoms with Crippen molar-refractivity contribution in [2.75, 3.05) is 26.9 Å².